The van der Waals surface area contributed by atoms with Crippen LogP contribution in [0.4, 0.5) is 4.79 Å². The lowest BCUT2D eigenvalue weighted by atomic mass is 9.74. The number of ether oxygens (including phenoxy) is 2. The van der Waals surface area contributed by atoms with Gasteiger partial charge in [0.25, 0.3) is 0 Å². The van der Waals surface area contributed by atoms with Crippen molar-refractivity contribution in [3.05, 3.63) is 41.7 Å². The molecule has 1 amide bonds. The zero-order chi connectivity index (χ0) is 22.0. The molecule has 1 aromatic heterocycles. The van der Waals surface area contributed by atoms with E-state index in [0.29, 0.717) is 12.6 Å². The van der Waals surface area contributed by atoms with Crippen LogP contribution in [0.15, 0.2) is 30.5 Å². The van der Waals surface area contributed by atoms with Crippen LogP contribution in [0.3, 0.4) is 0 Å². The van der Waals surface area contributed by atoms with E-state index in [2.05, 4.69) is 36.0 Å². The van der Waals surface area contributed by atoms with Crippen molar-refractivity contribution in [3.63, 3.8) is 0 Å². The minimum absolute atomic E-state index is 0.181. The Balaban J connectivity index is 1.49. The van der Waals surface area contributed by atoms with Gasteiger partial charge in [-0.2, -0.15) is 5.10 Å². The van der Waals surface area contributed by atoms with Gasteiger partial charge in [0, 0.05) is 36.4 Å². The molecule has 0 saturated carbocycles. The number of methoxy groups -OCH3 is 1. The standard InChI is InChI=1S/C24H34N4O3/c1-5-31-23(29)27-12-10-17(11-13-27)26-21-14-24(2,3)15-22-20(21)16-25-28(22)18-6-8-19(30-4)9-7-18/h6-9,16-17,21,26H,5,10-15H2,1-4H3. The molecule has 1 aromatic carbocycles. The van der Waals surface area contributed by atoms with Crippen molar-refractivity contribution in [2.75, 3.05) is 26.8 Å². The van der Waals surface area contributed by atoms with E-state index in [0.717, 1.165) is 50.2 Å². The van der Waals surface area contributed by atoms with Gasteiger partial charge in [0.2, 0.25) is 0 Å². The van der Waals surface area contributed by atoms with E-state index in [1.807, 2.05) is 30.2 Å². The maximum atomic E-state index is 12.0. The predicted molar refractivity (Wildman–Crippen MR) is 120 cm³/mol. The molecule has 2 heterocycles. The van der Waals surface area contributed by atoms with Crippen molar-refractivity contribution < 1.29 is 14.3 Å². The zero-order valence-electron chi connectivity index (χ0n) is 19.1. The van der Waals surface area contributed by atoms with Crippen LogP contribution >= 0.6 is 0 Å². The number of nitrogens with zero attached hydrogens (tertiary/aromatic N) is 3. The van der Waals surface area contributed by atoms with Crippen molar-refractivity contribution in [3.8, 4) is 11.4 Å². The third kappa shape index (κ3) is 4.71. The molecule has 1 unspecified atom stereocenters. The van der Waals surface area contributed by atoms with E-state index in [4.69, 9.17) is 14.6 Å². The Morgan fingerprint density at radius 2 is 1.94 bits per heavy atom. The number of carbonyl (C=O) groups is 1. The summed E-state index contributed by atoms with van der Waals surface area (Å²) < 4.78 is 12.5. The second kappa shape index (κ2) is 8.91. The highest BCUT2D eigenvalue weighted by Crippen LogP contribution is 2.42. The van der Waals surface area contributed by atoms with E-state index in [1.54, 1.807) is 7.11 Å². The largest absolute Gasteiger partial charge is 0.497 e. The first-order valence-electron chi connectivity index (χ1n) is 11.3. The van der Waals surface area contributed by atoms with Crippen molar-refractivity contribution in [1.29, 1.82) is 0 Å². The van der Waals surface area contributed by atoms with E-state index in [9.17, 15) is 4.79 Å². The van der Waals surface area contributed by atoms with E-state index in [1.165, 1.54) is 11.3 Å². The Morgan fingerprint density at radius 3 is 2.58 bits per heavy atom. The lowest BCUT2D eigenvalue weighted by molar-refractivity contribution is 0.0931. The summed E-state index contributed by atoms with van der Waals surface area (Å²) in [6, 6.07) is 8.73. The molecule has 1 aliphatic carbocycles. The topological polar surface area (TPSA) is 68.6 Å². The molecule has 0 radical (unpaired) electrons. The van der Waals surface area contributed by atoms with Crippen LogP contribution in [-0.2, 0) is 11.2 Å². The number of piperidine rings is 1. The van der Waals surface area contributed by atoms with Gasteiger partial charge in [-0.15, -0.1) is 0 Å². The van der Waals surface area contributed by atoms with Crippen molar-refractivity contribution in [2.24, 2.45) is 5.41 Å². The summed E-state index contributed by atoms with van der Waals surface area (Å²) in [6.45, 7) is 8.42. The zero-order valence-corrected chi connectivity index (χ0v) is 19.1. The molecule has 1 aliphatic heterocycles. The van der Waals surface area contributed by atoms with Crippen molar-refractivity contribution in [1.82, 2.24) is 20.0 Å². The van der Waals surface area contributed by atoms with Gasteiger partial charge in [-0.1, -0.05) is 13.8 Å². The third-order valence-corrected chi connectivity index (χ3v) is 6.45. The Kier molecular flexibility index (Phi) is 6.23. The van der Waals surface area contributed by atoms with Gasteiger partial charge >= 0.3 is 6.09 Å². The Bertz CT molecular complexity index is 898. The molecule has 1 atom stereocenters. The van der Waals surface area contributed by atoms with Crippen LogP contribution < -0.4 is 10.1 Å². The third-order valence-electron chi connectivity index (χ3n) is 6.45. The number of likely N-dealkylation sites (tertiary alicyclic amines) is 1. The number of hydrogen-bond acceptors (Lipinski definition) is 5. The average molecular weight is 427 g/mol. The molecule has 7 heteroatoms. The number of rotatable bonds is 5. The molecule has 31 heavy (non-hydrogen) atoms. The predicted octanol–water partition coefficient (Wildman–Crippen LogP) is 4.10. The summed E-state index contributed by atoms with van der Waals surface area (Å²) in [5.74, 6) is 0.846. The summed E-state index contributed by atoms with van der Waals surface area (Å²) in [5.41, 5.74) is 3.81. The van der Waals surface area contributed by atoms with E-state index in [-0.39, 0.29) is 17.6 Å². The quantitative estimate of drug-likeness (QED) is 0.779. The summed E-state index contributed by atoms with van der Waals surface area (Å²) in [7, 11) is 1.68. The maximum absolute atomic E-state index is 12.0. The Labute approximate surface area is 184 Å². The van der Waals surface area contributed by atoms with Crippen LogP contribution in [0, 0.1) is 5.41 Å². The highest BCUT2D eigenvalue weighted by Gasteiger charge is 2.36. The normalized spacial score (nSPS) is 20.9. The van der Waals surface area contributed by atoms with Crippen molar-refractivity contribution in [2.45, 2.75) is 58.5 Å². The Hall–Kier alpha value is -2.54. The monoisotopic (exact) mass is 426 g/mol. The fraction of sp³-hybridized carbons (Fsp3) is 0.583. The maximum Gasteiger partial charge on any atom is 0.409 e. The first-order chi connectivity index (χ1) is 14.9. The van der Waals surface area contributed by atoms with Gasteiger partial charge in [0.05, 0.1) is 25.6 Å². The average Bonchev–Trinajstić information content (AvgIpc) is 3.17. The first-order valence-corrected chi connectivity index (χ1v) is 11.3. The summed E-state index contributed by atoms with van der Waals surface area (Å²) in [4.78, 5) is 13.8. The van der Waals surface area contributed by atoms with Crippen LogP contribution in [0.2, 0.25) is 0 Å². The second-order valence-electron chi connectivity index (χ2n) is 9.38. The molecule has 1 fully saturated rings. The molecule has 1 saturated heterocycles. The molecular weight excluding hydrogens is 392 g/mol. The molecule has 0 bridgehead atoms. The molecule has 2 aliphatic rings. The number of nitrogens with one attached hydrogen (secondary N) is 1. The lowest BCUT2D eigenvalue weighted by Crippen LogP contribution is -2.47. The Morgan fingerprint density at radius 1 is 1.23 bits per heavy atom. The summed E-state index contributed by atoms with van der Waals surface area (Å²) in [6.07, 6.45) is 5.79. The molecule has 0 spiro atoms. The van der Waals surface area contributed by atoms with Gasteiger partial charge in [0.1, 0.15) is 5.75 Å². The second-order valence-corrected chi connectivity index (χ2v) is 9.38. The molecular formula is C24H34N4O3. The number of benzene rings is 1. The summed E-state index contributed by atoms with van der Waals surface area (Å²) in [5, 5.41) is 8.65. The van der Waals surface area contributed by atoms with Gasteiger partial charge < -0.3 is 19.7 Å². The number of aromatic nitrogens is 2. The van der Waals surface area contributed by atoms with Gasteiger partial charge in [-0.25, -0.2) is 9.48 Å². The number of hydrogen-bond donors (Lipinski definition) is 1. The number of amides is 1. The minimum atomic E-state index is -0.192. The van der Waals surface area contributed by atoms with Crippen LogP contribution in [0.5, 0.6) is 5.75 Å². The van der Waals surface area contributed by atoms with Crippen LogP contribution in [0.25, 0.3) is 5.69 Å². The summed E-state index contributed by atoms with van der Waals surface area (Å²) >= 11 is 0. The van der Waals surface area contributed by atoms with E-state index < -0.39 is 0 Å². The van der Waals surface area contributed by atoms with Crippen LogP contribution in [-0.4, -0.2) is 53.6 Å². The molecule has 4 rings (SSSR count). The molecule has 7 nitrogen and oxygen atoms in total. The highest BCUT2D eigenvalue weighted by atomic mass is 16.6. The van der Waals surface area contributed by atoms with Gasteiger partial charge in [0.15, 0.2) is 0 Å². The number of carbonyl (C=O) groups excluding carboxylic acids is 1. The van der Waals surface area contributed by atoms with Crippen molar-refractivity contribution >= 4 is 6.09 Å². The molecule has 1 N–H and O–H groups in total. The molecule has 2 aromatic rings. The number of fused-ring (bicyclic) bond motifs is 1. The lowest BCUT2D eigenvalue weighted by Gasteiger charge is -2.39. The fourth-order valence-corrected chi connectivity index (χ4v) is 4.87. The van der Waals surface area contributed by atoms with Gasteiger partial charge in [-0.05, 0) is 62.3 Å². The molecule has 168 valence electrons. The smallest absolute Gasteiger partial charge is 0.409 e. The van der Waals surface area contributed by atoms with Crippen LogP contribution in [0.1, 0.15) is 57.3 Å². The minimum Gasteiger partial charge on any atom is -0.497 e. The SMILES string of the molecule is CCOC(=O)N1CCC(NC2CC(C)(C)Cc3c2cnn3-c2ccc(OC)cc2)CC1. The fourth-order valence-electron chi connectivity index (χ4n) is 4.87. The highest BCUT2D eigenvalue weighted by molar-refractivity contribution is 5.67. The first kappa shape index (κ1) is 21.7. The van der Waals surface area contributed by atoms with E-state index >= 15 is 0 Å². The van der Waals surface area contributed by atoms with Gasteiger partial charge in [-0.3, -0.25) is 0 Å².